The Kier molecular flexibility index (Phi) is 5.82. The molecule has 0 spiro atoms. The maximum Gasteiger partial charge on any atom is 0.254 e. The van der Waals surface area contributed by atoms with Crippen LogP contribution in [-0.2, 0) is 4.79 Å². The number of carbonyl (C=O) groups excluding carboxylic acids is 1. The summed E-state index contributed by atoms with van der Waals surface area (Å²) in [5, 5.41) is 12.1. The molecule has 0 aliphatic carbocycles. The number of hydrazone groups is 1. The first-order valence-corrected chi connectivity index (χ1v) is 6.02. The van der Waals surface area contributed by atoms with Crippen LogP contribution >= 0.6 is 15.9 Å². The molecule has 0 unspecified atom stereocenters. The lowest BCUT2D eigenvalue weighted by Crippen LogP contribution is -2.16. The number of halogens is 1. The monoisotopic (exact) mass is 325 g/mol. The van der Waals surface area contributed by atoms with Crippen LogP contribution in [0.5, 0.6) is 11.5 Å². The summed E-state index contributed by atoms with van der Waals surface area (Å²) in [5.41, 5.74) is 2.87. The lowest BCUT2D eigenvalue weighted by atomic mass is 10.2. The van der Waals surface area contributed by atoms with E-state index in [9.17, 15) is 4.79 Å². The van der Waals surface area contributed by atoms with E-state index in [0.29, 0.717) is 17.1 Å². The number of amides is 1. The Morgan fingerprint density at radius 2 is 2.16 bits per heavy atom. The molecule has 0 radical (unpaired) electrons. The summed E-state index contributed by atoms with van der Waals surface area (Å²) in [6.07, 6.45) is 1.18. The molecular weight excluding hydrogens is 314 g/mol. The van der Waals surface area contributed by atoms with Crippen LogP contribution in [0.15, 0.2) is 21.7 Å². The average Bonchev–Trinajstić information content (AvgIpc) is 2.40. The van der Waals surface area contributed by atoms with E-state index < -0.39 is 5.91 Å². The van der Waals surface area contributed by atoms with Crippen molar-refractivity contribution in [2.75, 3.05) is 14.2 Å². The highest BCUT2D eigenvalue weighted by Gasteiger charge is 2.08. The van der Waals surface area contributed by atoms with Crippen LogP contribution in [0.25, 0.3) is 0 Å². The molecule has 0 aromatic heterocycles. The van der Waals surface area contributed by atoms with E-state index >= 15 is 0 Å². The minimum atomic E-state index is -0.471. The fraction of sp³-hybridized carbons (Fsp3) is 0.250. The Bertz CT molecular complexity index is 538. The van der Waals surface area contributed by atoms with Gasteiger partial charge >= 0.3 is 0 Å². The van der Waals surface area contributed by atoms with Crippen molar-refractivity contribution in [2.24, 2.45) is 5.10 Å². The predicted octanol–water partition coefficient (Wildman–Crippen LogP) is 1.83. The molecule has 1 N–H and O–H groups in total. The van der Waals surface area contributed by atoms with Gasteiger partial charge < -0.3 is 9.47 Å². The van der Waals surface area contributed by atoms with Crippen molar-refractivity contribution in [1.82, 2.24) is 5.43 Å². The van der Waals surface area contributed by atoms with Crippen molar-refractivity contribution in [3.8, 4) is 17.6 Å². The second kappa shape index (κ2) is 7.38. The predicted molar refractivity (Wildman–Crippen MR) is 73.2 cm³/mol. The second-order valence-corrected chi connectivity index (χ2v) is 4.21. The van der Waals surface area contributed by atoms with E-state index in [1.54, 1.807) is 25.3 Å². The Labute approximate surface area is 119 Å². The third kappa shape index (κ3) is 4.26. The van der Waals surface area contributed by atoms with Crippen molar-refractivity contribution >= 4 is 28.1 Å². The van der Waals surface area contributed by atoms with Gasteiger partial charge in [0.2, 0.25) is 0 Å². The van der Waals surface area contributed by atoms with E-state index in [-0.39, 0.29) is 6.42 Å². The quantitative estimate of drug-likeness (QED) is 0.661. The normalized spacial score (nSPS) is 10.0. The summed E-state index contributed by atoms with van der Waals surface area (Å²) in [7, 11) is 3.07. The molecule has 19 heavy (non-hydrogen) atoms. The maximum absolute atomic E-state index is 11.1. The standard InChI is InChI=1S/C12H12BrN3O3/c1-18-10-6-9(13)11(19-2)5-8(10)7-15-16-12(17)3-4-14/h5-7H,3H2,1-2H3,(H,16,17)/b15-7-. The molecule has 6 nitrogen and oxygen atoms in total. The van der Waals surface area contributed by atoms with E-state index in [4.69, 9.17) is 14.7 Å². The molecule has 1 aromatic rings. The first-order valence-electron chi connectivity index (χ1n) is 5.22. The largest absolute Gasteiger partial charge is 0.496 e. The zero-order valence-electron chi connectivity index (χ0n) is 10.4. The van der Waals surface area contributed by atoms with Gasteiger partial charge in [-0.2, -0.15) is 10.4 Å². The van der Waals surface area contributed by atoms with Crippen molar-refractivity contribution in [3.63, 3.8) is 0 Å². The third-order valence-corrected chi connectivity index (χ3v) is 2.76. The number of hydrogen-bond acceptors (Lipinski definition) is 5. The molecule has 0 fully saturated rings. The lowest BCUT2D eigenvalue weighted by Gasteiger charge is -2.09. The van der Waals surface area contributed by atoms with Gasteiger partial charge in [0.1, 0.15) is 17.9 Å². The zero-order chi connectivity index (χ0) is 14.3. The van der Waals surface area contributed by atoms with Gasteiger partial charge in [-0.05, 0) is 28.1 Å². The van der Waals surface area contributed by atoms with Gasteiger partial charge in [0.25, 0.3) is 5.91 Å². The number of nitriles is 1. The van der Waals surface area contributed by atoms with Crippen LogP contribution in [0, 0.1) is 11.3 Å². The van der Waals surface area contributed by atoms with Gasteiger partial charge in [-0.15, -0.1) is 0 Å². The van der Waals surface area contributed by atoms with Gasteiger partial charge in [-0.1, -0.05) is 0 Å². The van der Waals surface area contributed by atoms with Gasteiger partial charge in [0.05, 0.1) is 31.0 Å². The second-order valence-electron chi connectivity index (χ2n) is 3.36. The molecule has 0 saturated heterocycles. The molecule has 0 heterocycles. The zero-order valence-corrected chi connectivity index (χ0v) is 12.0. The molecule has 1 aromatic carbocycles. The van der Waals surface area contributed by atoms with Gasteiger partial charge in [-0.25, -0.2) is 5.43 Å². The first kappa shape index (κ1) is 15.0. The topological polar surface area (TPSA) is 83.7 Å². The van der Waals surface area contributed by atoms with Crippen molar-refractivity contribution in [3.05, 3.63) is 22.2 Å². The highest BCUT2D eigenvalue weighted by molar-refractivity contribution is 9.10. The molecule has 0 aliphatic rings. The van der Waals surface area contributed by atoms with Crippen molar-refractivity contribution in [1.29, 1.82) is 5.26 Å². The summed E-state index contributed by atoms with van der Waals surface area (Å²) in [6.45, 7) is 0. The smallest absolute Gasteiger partial charge is 0.254 e. The SMILES string of the molecule is COc1cc(/C=N\NC(=O)CC#N)c(OC)cc1Br. The molecule has 0 atom stereocenters. The number of ether oxygens (including phenoxy) is 2. The summed E-state index contributed by atoms with van der Waals surface area (Å²) >= 11 is 3.34. The Morgan fingerprint density at radius 3 is 2.74 bits per heavy atom. The van der Waals surface area contributed by atoms with Crippen LogP contribution in [0.4, 0.5) is 0 Å². The van der Waals surface area contributed by atoms with Gasteiger partial charge in [0.15, 0.2) is 0 Å². The van der Waals surface area contributed by atoms with Crippen LogP contribution in [0.1, 0.15) is 12.0 Å². The number of benzene rings is 1. The van der Waals surface area contributed by atoms with E-state index in [2.05, 4.69) is 26.5 Å². The summed E-state index contributed by atoms with van der Waals surface area (Å²) < 4.78 is 11.1. The molecule has 1 rings (SSSR count). The van der Waals surface area contributed by atoms with Crippen molar-refractivity contribution in [2.45, 2.75) is 6.42 Å². The Balaban J connectivity index is 2.90. The molecular formula is C12H12BrN3O3. The Hall–Kier alpha value is -2.07. The fourth-order valence-corrected chi connectivity index (χ4v) is 1.75. The molecule has 7 heteroatoms. The number of carbonyl (C=O) groups is 1. The van der Waals surface area contributed by atoms with E-state index in [1.807, 2.05) is 0 Å². The number of methoxy groups -OCH3 is 2. The number of rotatable bonds is 5. The minimum Gasteiger partial charge on any atom is -0.496 e. The number of hydrogen-bond donors (Lipinski definition) is 1. The summed E-state index contributed by atoms with van der Waals surface area (Å²) in [4.78, 5) is 11.1. The molecule has 0 aliphatic heterocycles. The van der Waals surface area contributed by atoms with Crippen LogP contribution < -0.4 is 14.9 Å². The van der Waals surface area contributed by atoms with Crippen LogP contribution in [-0.4, -0.2) is 26.3 Å². The van der Waals surface area contributed by atoms with Gasteiger partial charge in [0, 0.05) is 5.56 Å². The first-order chi connectivity index (χ1) is 9.12. The highest BCUT2D eigenvalue weighted by Crippen LogP contribution is 2.31. The summed E-state index contributed by atoms with van der Waals surface area (Å²) in [5.74, 6) is 0.721. The van der Waals surface area contributed by atoms with Crippen LogP contribution in [0.3, 0.4) is 0 Å². The molecule has 100 valence electrons. The Morgan fingerprint density at radius 1 is 1.47 bits per heavy atom. The van der Waals surface area contributed by atoms with Gasteiger partial charge in [-0.3, -0.25) is 4.79 Å². The maximum atomic E-state index is 11.1. The number of nitrogens with zero attached hydrogens (tertiary/aromatic N) is 2. The van der Waals surface area contributed by atoms with Crippen LogP contribution in [0.2, 0.25) is 0 Å². The molecule has 1 amide bonds. The fourth-order valence-electron chi connectivity index (χ4n) is 1.27. The lowest BCUT2D eigenvalue weighted by molar-refractivity contribution is -0.120. The van der Waals surface area contributed by atoms with Crippen molar-refractivity contribution < 1.29 is 14.3 Å². The molecule has 0 bridgehead atoms. The molecule has 0 saturated carbocycles. The van der Waals surface area contributed by atoms with E-state index in [0.717, 1.165) is 4.47 Å². The summed E-state index contributed by atoms with van der Waals surface area (Å²) in [6, 6.07) is 5.17. The number of nitrogens with one attached hydrogen (secondary N) is 1. The third-order valence-electron chi connectivity index (χ3n) is 2.14. The average molecular weight is 326 g/mol. The van der Waals surface area contributed by atoms with E-state index in [1.165, 1.54) is 13.3 Å². The minimum absolute atomic E-state index is 0.238. The highest BCUT2D eigenvalue weighted by atomic mass is 79.9.